The molecule has 0 aromatic heterocycles. The minimum Gasteiger partial charge on any atom is -0.326 e. The molecule has 1 aromatic rings. The smallest absolute Gasteiger partial charge is 0.326 e. The van der Waals surface area contributed by atoms with Crippen LogP contribution in [0.1, 0.15) is 12.8 Å². The van der Waals surface area contributed by atoms with E-state index in [1.54, 1.807) is 18.2 Å². The van der Waals surface area contributed by atoms with Crippen molar-refractivity contribution in [1.29, 1.82) is 0 Å². The first-order valence-electron chi connectivity index (χ1n) is 5.59. The molecule has 0 unspecified atom stereocenters. The first-order valence-corrected chi connectivity index (χ1v) is 5.59. The number of para-hydroxylation sites is 1. The number of rotatable bonds is 7. The first kappa shape index (κ1) is 15.9. The summed E-state index contributed by atoms with van der Waals surface area (Å²) in [5.74, 6) is -4.41. The van der Waals surface area contributed by atoms with Gasteiger partial charge in [-0.05, 0) is 12.1 Å². The number of carbonyl (C=O) groups is 1. The van der Waals surface area contributed by atoms with Crippen LogP contribution >= 0.6 is 0 Å². The second-order valence-electron chi connectivity index (χ2n) is 3.96. The zero-order valence-electron chi connectivity index (χ0n) is 10.5. The summed E-state index contributed by atoms with van der Waals surface area (Å²) in [6, 6.07) is 7.97. The molecule has 112 valence electrons. The number of nitrogens with one attached hydrogen (secondary N) is 1. The van der Waals surface area contributed by atoms with Crippen LogP contribution in [0.15, 0.2) is 30.3 Å². The summed E-state index contributed by atoms with van der Waals surface area (Å²) in [6.45, 7) is 0. The van der Waals surface area contributed by atoms with E-state index in [1.807, 2.05) is 0 Å². The molecule has 0 bridgehead atoms. The van der Waals surface area contributed by atoms with Gasteiger partial charge in [0.15, 0.2) is 21.2 Å². The fourth-order valence-electron chi connectivity index (χ4n) is 1.50. The summed E-state index contributed by atoms with van der Waals surface area (Å²) in [5.41, 5.74) is 0.372. The third kappa shape index (κ3) is 3.46. The standard InChI is InChI=1S/C10H10N4O7/c15-9(11-8-4-2-1-3-5-8)6-7-10(12(16)17,13(18)19)14(20)21/h1-5H,6-7H2,(H,11,15). The molecule has 0 atom stereocenters. The highest BCUT2D eigenvalue weighted by Gasteiger charge is 2.69. The van der Waals surface area contributed by atoms with Gasteiger partial charge in [0.25, 0.3) is 0 Å². The van der Waals surface area contributed by atoms with Gasteiger partial charge in [-0.1, -0.05) is 18.2 Å². The molecule has 0 fully saturated rings. The zero-order chi connectivity index (χ0) is 16.0. The molecule has 0 aliphatic heterocycles. The summed E-state index contributed by atoms with van der Waals surface area (Å²) in [5, 5.41) is 34.3. The summed E-state index contributed by atoms with van der Waals surface area (Å²) in [6.07, 6.45) is -1.89. The Morgan fingerprint density at radius 2 is 1.48 bits per heavy atom. The van der Waals surface area contributed by atoms with Crippen molar-refractivity contribution in [3.05, 3.63) is 60.7 Å². The van der Waals surface area contributed by atoms with E-state index in [-0.39, 0.29) is 0 Å². The molecular weight excluding hydrogens is 288 g/mol. The van der Waals surface area contributed by atoms with Gasteiger partial charge < -0.3 is 5.32 Å². The highest BCUT2D eigenvalue weighted by Crippen LogP contribution is 2.20. The van der Waals surface area contributed by atoms with Gasteiger partial charge in [-0.2, -0.15) is 0 Å². The monoisotopic (exact) mass is 298 g/mol. The van der Waals surface area contributed by atoms with Crippen molar-refractivity contribution >= 4 is 11.6 Å². The summed E-state index contributed by atoms with van der Waals surface area (Å²) < 4.78 is 0. The quantitative estimate of drug-likeness (QED) is 0.444. The lowest BCUT2D eigenvalue weighted by Crippen LogP contribution is -2.53. The molecule has 0 heterocycles. The maximum Gasteiger partial charge on any atom is 0.700 e. The predicted molar refractivity (Wildman–Crippen MR) is 68.0 cm³/mol. The molecule has 0 radical (unpaired) electrons. The van der Waals surface area contributed by atoms with E-state index in [9.17, 15) is 35.1 Å². The van der Waals surface area contributed by atoms with Crippen molar-refractivity contribution in [2.75, 3.05) is 5.32 Å². The summed E-state index contributed by atoms with van der Waals surface area (Å²) >= 11 is 0. The number of anilines is 1. The van der Waals surface area contributed by atoms with Crippen LogP contribution < -0.4 is 5.32 Å². The number of hydrogen-bond donors (Lipinski definition) is 1. The van der Waals surface area contributed by atoms with Crippen LogP contribution in [-0.4, -0.2) is 26.5 Å². The Hall–Kier alpha value is -3.11. The van der Waals surface area contributed by atoms with Gasteiger partial charge >= 0.3 is 5.79 Å². The molecule has 0 aliphatic rings. The summed E-state index contributed by atoms with van der Waals surface area (Å²) in [7, 11) is 0. The average Bonchev–Trinajstić information content (AvgIpc) is 2.39. The molecule has 1 rings (SSSR count). The third-order valence-corrected chi connectivity index (χ3v) is 2.62. The van der Waals surface area contributed by atoms with E-state index in [0.717, 1.165) is 0 Å². The Morgan fingerprint density at radius 3 is 1.90 bits per heavy atom. The Kier molecular flexibility index (Phi) is 4.83. The van der Waals surface area contributed by atoms with Crippen LogP contribution in [-0.2, 0) is 4.79 Å². The molecule has 0 spiro atoms. The van der Waals surface area contributed by atoms with E-state index in [0.29, 0.717) is 5.69 Å². The topological polar surface area (TPSA) is 159 Å². The van der Waals surface area contributed by atoms with Crippen molar-refractivity contribution in [1.82, 2.24) is 0 Å². The predicted octanol–water partition coefficient (Wildman–Crippen LogP) is 0.889. The molecule has 0 saturated carbocycles. The second-order valence-corrected chi connectivity index (χ2v) is 3.96. The fraction of sp³-hybridized carbons (Fsp3) is 0.300. The third-order valence-electron chi connectivity index (χ3n) is 2.62. The van der Waals surface area contributed by atoms with E-state index in [2.05, 4.69) is 5.32 Å². The van der Waals surface area contributed by atoms with Crippen LogP contribution in [0, 0.1) is 30.3 Å². The number of hydrogen-bond acceptors (Lipinski definition) is 7. The molecule has 11 nitrogen and oxygen atoms in total. The van der Waals surface area contributed by atoms with Crippen LogP contribution in [0.2, 0.25) is 0 Å². The lowest BCUT2D eigenvalue weighted by Gasteiger charge is -2.09. The summed E-state index contributed by atoms with van der Waals surface area (Å²) in [4.78, 5) is 38.7. The number of amides is 1. The normalized spacial score (nSPS) is 10.7. The molecule has 1 amide bonds. The van der Waals surface area contributed by atoms with Crippen LogP contribution in [0.5, 0.6) is 0 Å². The van der Waals surface area contributed by atoms with Gasteiger partial charge in [-0.25, -0.2) is 0 Å². The molecule has 1 aromatic carbocycles. The maximum atomic E-state index is 11.5. The Bertz CT molecular complexity index is 538. The first-order chi connectivity index (χ1) is 9.80. The van der Waals surface area contributed by atoms with Crippen molar-refractivity contribution < 1.29 is 19.6 Å². The highest BCUT2D eigenvalue weighted by atomic mass is 16.7. The lowest BCUT2D eigenvalue weighted by atomic mass is 10.2. The highest BCUT2D eigenvalue weighted by molar-refractivity contribution is 5.90. The average molecular weight is 298 g/mol. The molecule has 21 heavy (non-hydrogen) atoms. The minimum absolute atomic E-state index is 0.372. The van der Waals surface area contributed by atoms with Gasteiger partial charge in [0, 0.05) is 12.1 Å². The molecule has 0 aliphatic carbocycles. The van der Waals surface area contributed by atoms with Crippen LogP contribution in [0.3, 0.4) is 0 Å². The van der Waals surface area contributed by atoms with Gasteiger partial charge in [-0.15, -0.1) is 0 Å². The van der Waals surface area contributed by atoms with E-state index in [4.69, 9.17) is 0 Å². The van der Waals surface area contributed by atoms with Crippen molar-refractivity contribution in [3.8, 4) is 0 Å². The van der Waals surface area contributed by atoms with Gasteiger partial charge in [0.2, 0.25) is 5.91 Å². The van der Waals surface area contributed by atoms with E-state index in [1.165, 1.54) is 12.1 Å². The largest absolute Gasteiger partial charge is 0.700 e. The Balaban J connectivity index is 2.78. The van der Waals surface area contributed by atoms with Crippen LogP contribution in [0.4, 0.5) is 5.69 Å². The van der Waals surface area contributed by atoms with Gasteiger partial charge in [0.1, 0.15) is 0 Å². The molecule has 1 N–H and O–H groups in total. The van der Waals surface area contributed by atoms with Gasteiger partial charge in [-0.3, -0.25) is 35.1 Å². The van der Waals surface area contributed by atoms with Crippen molar-refractivity contribution in [3.63, 3.8) is 0 Å². The lowest BCUT2D eigenvalue weighted by molar-refractivity contribution is -0.970. The molecule has 11 heteroatoms. The zero-order valence-corrected chi connectivity index (χ0v) is 10.5. The van der Waals surface area contributed by atoms with Crippen molar-refractivity contribution in [2.45, 2.75) is 18.6 Å². The van der Waals surface area contributed by atoms with Crippen LogP contribution in [0.25, 0.3) is 0 Å². The number of carbonyl (C=O) groups excluding carboxylic acids is 1. The SMILES string of the molecule is O=C(CCC([N+](=O)[O-])([N+](=O)[O-])[N+](=O)[O-])Nc1ccccc1. The van der Waals surface area contributed by atoms with Gasteiger partial charge in [0.05, 0.1) is 0 Å². The minimum atomic E-state index is -3.62. The number of nitrogens with zero attached hydrogens (tertiary/aromatic N) is 3. The Labute approximate surface area is 117 Å². The number of nitro groups is 3. The fourth-order valence-corrected chi connectivity index (χ4v) is 1.50. The van der Waals surface area contributed by atoms with E-state index < -0.39 is 39.3 Å². The van der Waals surface area contributed by atoms with Crippen molar-refractivity contribution in [2.24, 2.45) is 0 Å². The molecular formula is C10H10N4O7. The maximum absolute atomic E-state index is 11.5. The second kappa shape index (κ2) is 6.36. The van der Waals surface area contributed by atoms with E-state index >= 15 is 0 Å². The Morgan fingerprint density at radius 1 is 1.00 bits per heavy atom. The number of benzene rings is 1. The molecule has 0 saturated heterocycles.